The predicted octanol–water partition coefficient (Wildman–Crippen LogP) is -0.330. The fourth-order valence-electron chi connectivity index (χ4n) is 2.04. The van der Waals surface area contributed by atoms with Gasteiger partial charge in [0.15, 0.2) is 0 Å². The van der Waals surface area contributed by atoms with E-state index in [1.165, 1.54) is 0 Å². The molecule has 0 unspecified atom stereocenters. The number of rotatable bonds is 1. The average molecular weight is 249 g/mol. The van der Waals surface area contributed by atoms with Crippen LogP contribution in [-0.4, -0.2) is 57.3 Å². The molecule has 5 heteroatoms. The number of aromatic nitrogens is 1. The van der Waals surface area contributed by atoms with Gasteiger partial charge in [0.2, 0.25) is 0 Å². The zero-order valence-electron chi connectivity index (χ0n) is 10.9. The second-order valence-electron chi connectivity index (χ2n) is 4.42. The Bertz CT molecular complexity index is 304. The van der Waals surface area contributed by atoms with Crippen molar-refractivity contribution >= 4 is 5.82 Å². The number of nitrogens with one attached hydrogen (secondary N) is 3. The first-order chi connectivity index (χ1) is 8.97. The number of hydrogen-bond donors (Lipinski definition) is 3. The summed E-state index contributed by atoms with van der Waals surface area (Å²) in [6, 6.07) is 6.08. The summed E-state index contributed by atoms with van der Waals surface area (Å²) in [5.41, 5.74) is 0. The summed E-state index contributed by atoms with van der Waals surface area (Å²) < 4.78 is 0. The van der Waals surface area contributed by atoms with Gasteiger partial charge in [-0.1, -0.05) is 6.07 Å². The summed E-state index contributed by atoms with van der Waals surface area (Å²) in [6.07, 6.45) is 1.86. The van der Waals surface area contributed by atoms with E-state index >= 15 is 0 Å². The van der Waals surface area contributed by atoms with Gasteiger partial charge in [-0.05, 0) is 12.1 Å². The van der Waals surface area contributed by atoms with Crippen molar-refractivity contribution < 1.29 is 0 Å². The zero-order valence-corrected chi connectivity index (χ0v) is 10.9. The van der Waals surface area contributed by atoms with Crippen LogP contribution in [0.2, 0.25) is 0 Å². The topological polar surface area (TPSA) is 52.2 Å². The van der Waals surface area contributed by atoms with E-state index in [1.54, 1.807) is 0 Å². The molecule has 1 aliphatic rings. The Balaban J connectivity index is 1.89. The lowest BCUT2D eigenvalue weighted by Crippen LogP contribution is -2.42. The fraction of sp³-hybridized carbons (Fsp3) is 0.615. The van der Waals surface area contributed by atoms with Crippen molar-refractivity contribution in [3.63, 3.8) is 0 Å². The highest BCUT2D eigenvalue weighted by atomic mass is 15.2. The minimum absolute atomic E-state index is 0.998. The number of anilines is 1. The summed E-state index contributed by atoms with van der Waals surface area (Å²) in [4.78, 5) is 6.76. The number of nitrogens with zero attached hydrogens (tertiary/aromatic N) is 2. The molecule has 0 aromatic carbocycles. The second kappa shape index (κ2) is 8.02. The van der Waals surface area contributed by atoms with E-state index in [4.69, 9.17) is 0 Å². The van der Waals surface area contributed by atoms with E-state index in [1.807, 2.05) is 18.3 Å². The molecule has 2 rings (SSSR count). The molecule has 0 atom stereocenters. The highest BCUT2D eigenvalue weighted by Crippen LogP contribution is 2.07. The normalized spacial score (nSPS) is 19.9. The van der Waals surface area contributed by atoms with Gasteiger partial charge in [-0.3, -0.25) is 0 Å². The highest BCUT2D eigenvalue weighted by Gasteiger charge is 2.06. The van der Waals surface area contributed by atoms with Gasteiger partial charge < -0.3 is 20.9 Å². The number of pyridine rings is 1. The third-order valence-corrected chi connectivity index (χ3v) is 3.05. The summed E-state index contributed by atoms with van der Waals surface area (Å²) in [5.74, 6) is 1.07. The first-order valence-electron chi connectivity index (χ1n) is 6.75. The van der Waals surface area contributed by atoms with Crippen LogP contribution in [0.3, 0.4) is 0 Å². The Hall–Kier alpha value is -1.17. The third-order valence-electron chi connectivity index (χ3n) is 3.05. The van der Waals surface area contributed by atoms with Crippen molar-refractivity contribution in [2.75, 3.05) is 57.3 Å². The molecule has 2 heterocycles. The van der Waals surface area contributed by atoms with Gasteiger partial charge in [0, 0.05) is 58.6 Å². The van der Waals surface area contributed by atoms with E-state index in [9.17, 15) is 0 Å². The van der Waals surface area contributed by atoms with Crippen LogP contribution in [-0.2, 0) is 0 Å². The lowest BCUT2D eigenvalue weighted by molar-refractivity contribution is 0.556. The maximum Gasteiger partial charge on any atom is 0.128 e. The Kier molecular flexibility index (Phi) is 5.91. The maximum absolute atomic E-state index is 4.43. The molecule has 5 nitrogen and oxygen atoms in total. The molecule has 0 amide bonds. The van der Waals surface area contributed by atoms with Gasteiger partial charge in [-0.2, -0.15) is 0 Å². The molecule has 18 heavy (non-hydrogen) atoms. The van der Waals surface area contributed by atoms with Crippen molar-refractivity contribution in [2.24, 2.45) is 0 Å². The van der Waals surface area contributed by atoms with Crippen LogP contribution >= 0.6 is 0 Å². The van der Waals surface area contributed by atoms with Crippen molar-refractivity contribution in [2.45, 2.75) is 0 Å². The molecule has 100 valence electrons. The molecule has 0 aliphatic carbocycles. The average Bonchev–Trinajstić information content (AvgIpc) is 2.40. The van der Waals surface area contributed by atoms with E-state index in [-0.39, 0.29) is 0 Å². The fourth-order valence-corrected chi connectivity index (χ4v) is 2.04. The van der Waals surface area contributed by atoms with E-state index in [2.05, 4.69) is 31.9 Å². The Morgan fingerprint density at radius 1 is 0.833 bits per heavy atom. The smallest absolute Gasteiger partial charge is 0.128 e. The predicted molar refractivity (Wildman–Crippen MR) is 75.1 cm³/mol. The van der Waals surface area contributed by atoms with E-state index in [0.717, 1.165) is 58.2 Å². The zero-order chi connectivity index (χ0) is 12.5. The van der Waals surface area contributed by atoms with Crippen LogP contribution in [0.15, 0.2) is 24.4 Å². The highest BCUT2D eigenvalue weighted by molar-refractivity contribution is 5.37. The van der Waals surface area contributed by atoms with Crippen LogP contribution in [0.4, 0.5) is 5.82 Å². The van der Waals surface area contributed by atoms with E-state index < -0.39 is 0 Å². The van der Waals surface area contributed by atoms with Crippen molar-refractivity contribution in [1.29, 1.82) is 0 Å². The number of hydrogen-bond acceptors (Lipinski definition) is 5. The van der Waals surface area contributed by atoms with Gasteiger partial charge in [0.1, 0.15) is 5.82 Å². The summed E-state index contributed by atoms with van der Waals surface area (Å²) in [5, 5.41) is 10.3. The summed E-state index contributed by atoms with van der Waals surface area (Å²) in [6.45, 7) is 8.11. The lowest BCUT2D eigenvalue weighted by Gasteiger charge is -2.24. The molecule has 0 bridgehead atoms. The molecular formula is C13H23N5. The molecule has 1 aliphatic heterocycles. The van der Waals surface area contributed by atoms with Crippen molar-refractivity contribution in [1.82, 2.24) is 20.9 Å². The van der Waals surface area contributed by atoms with Crippen molar-refractivity contribution in [3.05, 3.63) is 24.4 Å². The van der Waals surface area contributed by atoms with Gasteiger partial charge in [0.05, 0.1) is 0 Å². The van der Waals surface area contributed by atoms with Crippen LogP contribution in [0.25, 0.3) is 0 Å². The van der Waals surface area contributed by atoms with Crippen molar-refractivity contribution in [3.8, 4) is 0 Å². The Morgan fingerprint density at radius 2 is 1.44 bits per heavy atom. The monoisotopic (exact) mass is 249 g/mol. The second-order valence-corrected chi connectivity index (χ2v) is 4.42. The van der Waals surface area contributed by atoms with Gasteiger partial charge in [-0.15, -0.1) is 0 Å². The molecule has 1 fully saturated rings. The standard InChI is InChI=1S/C13H23N5/c1-2-4-17-13(3-1)18-11-9-15-7-5-14-6-8-16-10-12-18/h1-4,14-16H,5-12H2. The van der Waals surface area contributed by atoms with Crippen LogP contribution in [0.1, 0.15) is 0 Å². The first kappa shape index (κ1) is 13.3. The molecule has 1 aromatic rings. The molecule has 1 saturated heterocycles. The van der Waals surface area contributed by atoms with Gasteiger partial charge in [-0.25, -0.2) is 4.98 Å². The molecule has 0 radical (unpaired) electrons. The molecule has 1 aromatic heterocycles. The quantitative estimate of drug-likeness (QED) is 0.636. The SMILES string of the molecule is c1ccc(N2CCNCCNCCNCC2)nc1. The minimum atomic E-state index is 0.998. The largest absolute Gasteiger partial charge is 0.354 e. The molecular weight excluding hydrogens is 226 g/mol. The molecule has 0 spiro atoms. The Morgan fingerprint density at radius 3 is 2.00 bits per heavy atom. The van der Waals surface area contributed by atoms with Gasteiger partial charge in [0.25, 0.3) is 0 Å². The van der Waals surface area contributed by atoms with Crippen LogP contribution in [0.5, 0.6) is 0 Å². The third kappa shape index (κ3) is 4.60. The van der Waals surface area contributed by atoms with Crippen LogP contribution in [0, 0.1) is 0 Å². The maximum atomic E-state index is 4.43. The molecule has 3 N–H and O–H groups in total. The Labute approximate surface area is 109 Å². The summed E-state index contributed by atoms with van der Waals surface area (Å²) >= 11 is 0. The minimum Gasteiger partial charge on any atom is -0.354 e. The van der Waals surface area contributed by atoms with Crippen LogP contribution < -0.4 is 20.9 Å². The summed E-state index contributed by atoms with van der Waals surface area (Å²) in [7, 11) is 0. The lowest BCUT2D eigenvalue weighted by atomic mass is 10.3. The first-order valence-corrected chi connectivity index (χ1v) is 6.75. The molecule has 0 saturated carbocycles. The van der Waals surface area contributed by atoms with Gasteiger partial charge >= 0.3 is 0 Å². The van der Waals surface area contributed by atoms with E-state index in [0.29, 0.717) is 0 Å².